The van der Waals surface area contributed by atoms with Crippen molar-refractivity contribution >= 4 is 39.3 Å². The molecule has 158 valence electrons. The molecule has 4 rings (SSSR count). The van der Waals surface area contributed by atoms with Crippen LogP contribution < -0.4 is 10.9 Å². The van der Waals surface area contributed by atoms with Crippen LogP contribution in [-0.2, 0) is 0 Å². The number of aromatic nitrogens is 1. The van der Waals surface area contributed by atoms with E-state index in [0.29, 0.717) is 21.7 Å². The molecule has 0 spiro atoms. The summed E-state index contributed by atoms with van der Waals surface area (Å²) in [5.41, 5.74) is 3.39. The quantitative estimate of drug-likeness (QED) is 0.189. The highest BCUT2D eigenvalue weighted by molar-refractivity contribution is 7.11. The Morgan fingerprint density at radius 2 is 2.06 bits per heavy atom. The van der Waals surface area contributed by atoms with Gasteiger partial charge >= 0.3 is 5.63 Å². The Balaban J connectivity index is 1.68. The number of allylic oxidation sites excluding steroid dienone is 1. The molecular formula is C23H16N4O4S. The molecule has 8 nitrogen and oxygen atoms in total. The van der Waals surface area contributed by atoms with Crippen molar-refractivity contribution in [2.75, 3.05) is 5.32 Å². The minimum absolute atomic E-state index is 0.108. The number of benzene rings is 2. The van der Waals surface area contributed by atoms with Crippen molar-refractivity contribution in [3.8, 4) is 17.3 Å². The fourth-order valence-electron chi connectivity index (χ4n) is 3.19. The average molecular weight is 444 g/mol. The summed E-state index contributed by atoms with van der Waals surface area (Å²) in [4.78, 5) is 27.4. The number of anilines is 1. The Morgan fingerprint density at radius 1 is 1.25 bits per heavy atom. The van der Waals surface area contributed by atoms with Gasteiger partial charge in [0.2, 0.25) is 0 Å². The van der Waals surface area contributed by atoms with Crippen molar-refractivity contribution in [2.24, 2.45) is 0 Å². The van der Waals surface area contributed by atoms with E-state index in [4.69, 9.17) is 4.42 Å². The maximum absolute atomic E-state index is 12.4. The number of rotatable bonds is 5. The van der Waals surface area contributed by atoms with E-state index < -0.39 is 10.5 Å². The summed E-state index contributed by atoms with van der Waals surface area (Å²) in [6.45, 7) is 3.98. The molecule has 2 aromatic carbocycles. The molecule has 0 atom stereocenters. The Bertz CT molecular complexity index is 1490. The lowest BCUT2D eigenvalue weighted by Crippen LogP contribution is -2.03. The third-order valence-corrected chi connectivity index (χ3v) is 5.69. The summed E-state index contributed by atoms with van der Waals surface area (Å²) in [6, 6.07) is 13.6. The number of aryl methyl sites for hydroxylation is 2. The van der Waals surface area contributed by atoms with Gasteiger partial charge in [0.05, 0.1) is 16.2 Å². The first-order valence-electron chi connectivity index (χ1n) is 9.48. The molecule has 0 saturated heterocycles. The number of thiazole rings is 1. The van der Waals surface area contributed by atoms with E-state index in [2.05, 4.69) is 16.4 Å². The van der Waals surface area contributed by atoms with E-state index in [1.165, 1.54) is 35.6 Å². The number of hydrogen-bond donors (Lipinski definition) is 1. The zero-order valence-corrected chi connectivity index (χ0v) is 17.9. The first-order chi connectivity index (χ1) is 15.4. The zero-order chi connectivity index (χ0) is 22.8. The molecule has 2 aromatic heterocycles. The zero-order valence-electron chi connectivity index (χ0n) is 17.1. The average Bonchev–Trinajstić information content (AvgIpc) is 3.24. The summed E-state index contributed by atoms with van der Waals surface area (Å²) < 4.78 is 5.30. The lowest BCUT2D eigenvalue weighted by atomic mass is 10.1. The first kappa shape index (κ1) is 21.0. The van der Waals surface area contributed by atoms with Crippen molar-refractivity contribution in [1.29, 1.82) is 5.26 Å². The minimum Gasteiger partial charge on any atom is -0.422 e. The van der Waals surface area contributed by atoms with Gasteiger partial charge in [-0.25, -0.2) is 9.78 Å². The number of nitriles is 1. The molecule has 0 bridgehead atoms. The van der Waals surface area contributed by atoms with Crippen LogP contribution in [0.25, 0.3) is 27.8 Å². The SMILES string of the molecule is Cc1ccc(NC=C(C#N)c2nc(-c3cc4cc([N+](=O)[O-])ccc4oc3=O)cs2)c(C)c1. The molecule has 0 fully saturated rings. The van der Waals surface area contributed by atoms with Crippen LogP contribution in [0, 0.1) is 35.3 Å². The lowest BCUT2D eigenvalue weighted by Gasteiger charge is -2.06. The van der Waals surface area contributed by atoms with E-state index in [1.54, 1.807) is 11.6 Å². The van der Waals surface area contributed by atoms with Crippen molar-refractivity contribution in [1.82, 2.24) is 4.98 Å². The number of fused-ring (bicyclic) bond motifs is 1. The number of non-ortho nitro benzene ring substituents is 1. The molecular weight excluding hydrogens is 428 g/mol. The maximum Gasteiger partial charge on any atom is 0.345 e. The van der Waals surface area contributed by atoms with Gasteiger partial charge in [-0.15, -0.1) is 11.3 Å². The van der Waals surface area contributed by atoms with Crippen LogP contribution in [0.3, 0.4) is 0 Å². The standard InChI is InChI=1S/C23H16N4O4S/c1-13-3-5-19(14(2)7-13)25-11-16(10-24)22-26-20(12-32-22)18-9-15-8-17(27(29)30)4-6-21(15)31-23(18)28/h3-9,11-12,25H,1-2H3. The highest BCUT2D eigenvalue weighted by atomic mass is 32.1. The first-order valence-corrected chi connectivity index (χ1v) is 10.4. The van der Waals surface area contributed by atoms with Crippen LogP contribution in [0.4, 0.5) is 11.4 Å². The fraction of sp³-hybridized carbons (Fsp3) is 0.0870. The van der Waals surface area contributed by atoms with Crippen molar-refractivity contribution in [3.05, 3.63) is 90.7 Å². The minimum atomic E-state index is -0.612. The highest BCUT2D eigenvalue weighted by Gasteiger charge is 2.15. The molecule has 0 aliphatic heterocycles. The van der Waals surface area contributed by atoms with Gasteiger partial charge < -0.3 is 9.73 Å². The van der Waals surface area contributed by atoms with Crippen LogP contribution >= 0.6 is 11.3 Å². The summed E-state index contributed by atoms with van der Waals surface area (Å²) in [5, 5.41) is 26.2. The molecule has 9 heteroatoms. The molecule has 0 amide bonds. The molecule has 4 aromatic rings. The Morgan fingerprint density at radius 3 is 2.78 bits per heavy atom. The Hall–Kier alpha value is -4.29. The summed E-state index contributed by atoms with van der Waals surface area (Å²) in [5.74, 6) is 0. The van der Waals surface area contributed by atoms with Crippen LogP contribution in [0.5, 0.6) is 0 Å². The van der Waals surface area contributed by atoms with E-state index in [1.807, 2.05) is 32.0 Å². The van der Waals surface area contributed by atoms with Crippen LogP contribution in [0.1, 0.15) is 16.1 Å². The molecule has 1 N–H and O–H groups in total. The number of nitrogens with one attached hydrogen (secondary N) is 1. The number of nitrogens with zero attached hydrogens (tertiary/aromatic N) is 3. The van der Waals surface area contributed by atoms with Gasteiger partial charge in [-0.05, 0) is 37.6 Å². The number of hydrogen-bond acceptors (Lipinski definition) is 8. The molecule has 32 heavy (non-hydrogen) atoms. The van der Waals surface area contributed by atoms with E-state index in [9.17, 15) is 20.2 Å². The molecule has 0 radical (unpaired) electrons. The van der Waals surface area contributed by atoms with Gasteiger partial charge in [0, 0.05) is 34.8 Å². The van der Waals surface area contributed by atoms with Gasteiger partial charge in [-0.1, -0.05) is 17.7 Å². The van der Waals surface area contributed by atoms with Crippen molar-refractivity contribution < 1.29 is 9.34 Å². The molecule has 2 heterocycles. The van der Waals surface area contributed by atoms with E-state index >= 15 is 0 Å². The number of nitro benzene ring substituents is 1. The third kappa shape index (κ3) is 4.12. The number of nitro groups is 1. The Kier molecular flexibility index (Phi) is 5.54. The van der Waals surface area contributed by atoms with Crippen molar-refractivity contribution in [3.63, 3.8) is 0 Å². The van der Waals surface area contributed by atoms with Gasteiger partial charge in [0.25, 0.3) is 5.69 Å². The van der Waals surface area contributed by atoms with Crippen LogP contribution in [0.15, 0.2) is 63.3 Å². The molecule has 0 aliphatic carbocycles. The largest absolute Gasteiger partial charge is 0.422 e. The second-order valence-electron chi connectivity index (χ2n) is 7.10. The lowest BCUT2D eigenvalue weighted by molar-refractivity contribution is -0.384. The Labute approximate surface area is 186 Å². The smallest absolute Gasteiger partial charge is 0.345 e. The third-order valence-electron chi connectivity index (χ3n) is 4.81. The molecule has 0 saturated carbocycles. The van der Waals surface area contributed by atoms with Gasteiger partial charge in [-0.3, -0.25) is 10.1 Å². The predicted molar refractivity (Wildman–Crippen MR) is 123 cm³/mol. The normalized spacial score (nSPS) is 11.3. The fourth-order valence-corrected chi connectivity index (χ4v) is 3.98. The maximum atomic E-state index is 12.4. The summed E-state index contributed by atoms with van der Waals surface area (Å²) in [7, 11) is 0. The highest BCUT2D eigenvalue weighted by Crippen LogP contribution is 2.28. The van der Waals surface area contributed by atoms with Crippen LogP contribution in [-0.4, -0.2) is 9.91 Å². The van der Waals surface area contributed by atoms with E-state index in [-0.39, 0.29) is 16.8 Å². The van der Waals surface area contributed by atoms with Gasteiger partial charge in [0.1, 0.15) is 22.2 Å². The van der Waals surface area contributed by atoms with Crippen LogP contribution in [0.2, 0.25) is 0 Å². The summed E-state index contributed by atoms with van der Waals surface area (Å²) >= 11 is 1.21. The van der Waals surface area contributed by atoms with E-state index in [0.717, 1.165) is 16.8 Å². The van der Waals surface area contributed by atoms with Gasteiger partial charge in [-0.2, -0.15) is 5.26 Å². The monoisotopic (exact) mass is 444 g/mol. The van der Waals surface area contributed by atoms with Gasteiger partial charge in [0.15, 0.2) is 0 Å². The van der Waals surface area contributed by atoms with Crippen molar-refractivity contribution in [2.45, 2.75) is 13.8 Å². The molecule has 0 unspecified atom stereocenters. The second kappa shape index (κ2) is 8.45. The molecule has 0 aliphatic rings. The summed E-state index contributed by atoms with van der Waals surface area (Å²) in [6.07, 6.45) is 1.58. The topological polar surface area (TPSA) is 122 Å². The predicted octanol–water partition coefficient (Wildman–Crippen LogP) is 5.42. The second-order valence-corrected chi connectivity index (χ2v) is 7.96.